The van der Waals surface area contributed by atoms with Gasteiger partial charge in [-0.05, 0) is 48.0 Å². The first-order chi connectivity index (χ1) is 6.95. The fourth-order valence-corrected chi connectivity index (χ4v) is 2.11. The summed E-state index contributed by atoms with van der Waals surface area (Å²) in [4.78, 5) is 0. The van der Waals surface area contributed by atoms with Crippen molar-refractivity contribution in [1.82, 2.24) is 0 Å². The molecule has 2 aliphatic carbocycles. The van der Waals surface area contributed by atoms with Crippen molar-refractivity contribution in [1.29, 1.82) is 0 Å². The van der Waals surface area contributed by atoms with Gasteiger partial charge in [0.2, 0.25) is 0 Å². The maximum atomic E-state index is 2.36. The average molecular weight is 182 g/mol. The predicted molar refractivity (Wildman–Crippen MR) is 60.9 cm³/mol. The molecule has 70 valence electrons. The first-order valence-electron chi connectivity index (χ1n) is 5.43. The molecule has 0 radical (unpaired) electrons. The molecule has 0 spiro atoms. The topological polar surface area (TPSA) is 0 Å². The van der Waals surface area contributed by atoms with E-state index in [-0.39, 0.29) is 0 Å². The fourth-order valence-electron chi connectivity index (χ4n) is 2.11. The van der Waals surface area contributed by atoms with Gasteiger partial charge in [0.15, 0.2) is 0 Å². The molecule has 1 aromatic carbocycles. The highest BCUT2D eigenvalue weighted by Gasteiger charge is 2.16. The number of hydrogen-bond donors (Lipinski definition) is 0. The van der Waals surface area contributed by atoms with E-state index >= 15 is 0 Å². The van der Waals surface area contributed by atoms with Crippen LogP contribution in [0.2, 0.25) is 0 Å². The zero-order chi connectivity index (χ0) is 9.38. The summed E-state index contributed by atoms with van der Waals surface area (Å²) in [5, 5.41) is 0. The predicted octanol–water partition coefficient (Wildman–Crippen LogP) is 4.04. The molecule has 0 heterocycles. The molecule has 0 unspecified atom stereocenters. The molecule has 0 fully saturated rings. The molecule has 0 saturated carbocycles. The van der Waals surface area contributed by atoms with Gasteiger partial charge in [-0.3, -0.25) is 0 Å². The molecule has 14 heavy (non-hydrogen) atoms. The molecule has 0 aliphatic heterocycles. The monoisotopic (exact) mass is 182 g/mol. The maximum absolute atomic E-state index is 2.36. The van der Waals surface area contributed by atoms with Crippen LogP contribution in [0.5, 0.6) is 0 Å². The van der Waals surface area contributed by atoms with E-state index < -0.39 is 0 Å². The molecular formula is C14H14. The Balaban J connectivity index is 2.09. The Labute approximate surface area is 85.0 Å². The zero-order valence-electron chi connectivity index (χ0n) is 8.29. The molecule has 0 atom stereocenters. The first kappa shape index (κ1) is 8.05. The molecule has 1 aromatic rings. The number of hydrogen-bond acceptors (Lipinski definition) is 0. The quantitative estimate of drug-likeness (QED) is 0.647. The Hall–Kier alpha value is -1.30. The molecule has 0 heteroatoms. The van der Waals surface area contributed by atoms with Crippen molar-refractivity contribution in [2.24, 2.45) is 0 Å². The van der Waals surface area contributed by atoms with Gasteiger partial charge in [-0.25, -0.2) is 0 Å². The largest absolute Gasteiger partial charge is 0.0804 e. The van der Waals surface area contributed by atoms with E-state index in [2.05, 4.69) is 36.4 Å². The third-order valence-corrected chi connectivity index (χ3v) is 3.23. The second-order valence-corrected chi connectivity index (χ2v) is 4.08. The van der Waals surface area contributed by atoms with Crippen LogP contribution in [0.25, 0.3) is 11.1 Å². The van der Waals surface area contributed by atoms with Gasteiger partial charge in [0, 0.05) is 0 Å². The van der Waals surface area contributed by atoms with Crippen LogP contribution in [-0.4, -0.2) is 0 Å². The molecule has 3 rings (SSSR count). The summed E-state index contributed by atoms with van der Waals surface area (Å²) in [6, 6.07) is 8.83. The first-order valence-corrected chi connectivity index (χ1v) is 5.43. The lowest BCUT2D eigenvalue weighted by molar-refractivity contribution is 0.970. The lowest BCUT2D eigenvalue weighted by Crippen LogP contribution is -2.01. The van der Waals surface area contributed by atoms with Gasteiger partial charge in [-0.2, -0.15) is 0 Å². The Morgan fingerprint density at radius 1 is 0.714 bits per heavy atom. The molecular weight excluding hydrogens is 168 g/mol. The van der Waals surface area contributed by atoms with Crippen molar-refractivity contribution in [2.45, 2.75) is 25.7 Å². The molecule has 0 bridgehead atoms. The maximum Gasteiger partial charge on any atom is -0.0152 e. The van der Waals surface area contributed by atoms with Crippen LogP contribution in [0.4, 0.5) is 0 Å². The zero-order valence-corrected chi connectivity index (χ0v) is 8.29. The standard InChI is InChI=1S/C14H14/c1-2-10-14(12-7-4-8-12)13(9-1)11-5-3-6-11/h1-2,5,7,9-10H,3-4,6,8H2. The third-order valence-electron chi connectivity index (χ3n) is 3.23. The lowest BCUT2D eigenvalue weighted by atomic mass is 9.83. The van der Waals surface area contributed by atoms with E-state index in [1.54, 1.807) is 11.1 Å². The van der Waals surface area contributed by atoms with Gasteiger partial charge in [0.25, 0.3) is 0 Å². The van der Waals surface area contributed by atoms with Crippen molar-refractivity contribution in [3.8, 4) is 0 Å². The summed E-state index contributed by atoms with van der Waals surface area (Å²) in [6.45, 7) is 0. The molecule has 0 N–H and O–H groups in total. The van der Waals surface area contributed by atoms with Crippen LogP contribution >= 0.6 is 0 Å². The number of benzene rings is 1. The Morgan fingerprint density at radius 2 is 1.14 bits per heavy atom. The fraction of sp³-hybridized carbons (Fsp3) is 0.286. The highest BCUT2D eigenvalue weighted by molar-refractivity contribution is 5.83. The summed E-state index contributed by atoms with van der Waals surface area (Å²) >= 11 is 0. The summed E-state index contributed by atoms with van der Waals surface area (Å²) in [7, 11) is 0. The van der Waals surface area contributed by atoms with Crippen LogP contribution < -0.4 is 0 Å². The van der Waals surface area contributed by atoms with Crippen molar-refractivity contribution in [3.63, 3.8) is 0 Å². The van der Waals surface area contributed by atoms with Gasteiger partial charge in [0.05, 0.1) is 0 Å². The summed E-state index contributed by atoms with van der Waals surface area (Å²) in [6.07, 6.45) is 9.79. The molecule has 0 nitrogen and oxygen atoms in total. The molecule has 0 aromatic heterocycles. The van der Waals surface area contributed by atoms with E-state index in [9.17, 15) is 0 Å². The van der Waals surface area contributed by atoms with Crippen LogP contribution in [0.1, 0.15) is 36.8 Å². The second-order valence-electron chi connectivity index (χ2n) is 4.08. The normalized spacial score (nSPS) is 19.1. The van der Waals surface area contributed by atoms with E-state index in [1.807, 2.05) is 0 Å². The Morgan fingerprint density at radius 3 is 1.43 bits per heavy atom. The minimum Gasteiger partial charge on any atom is -0.0804 e. The van der Waals surface area contributed by atoms with E-state index in [0.717, 1.165) is 0 Å². The minimum atomic E-state index is 1.27. The third kappa shape index (κ3) is 1.14. The molecule has 0 saturated heterocycles. The average Bonchev–Trinajstić information content (AvgIpc) is 2.01. The van der Waals surface area contributed by atoms with Gasteiger partial charge < -0.3 is 0 Å². The molecule has 0 amide bonds. The van der Waals surface area contributed by atoms with E-state index in [0.29, 0.717) is 0 Å². The SMILES string of the molecule is C1=C(c2ccccc2C2=CCC2)CC1. The lowest BCUT2D eigenvalue weighted by Gasteiger charge is -2.22. The molecule has 2 aliphatic rings. The minimum absolute atomic E-state index is 1.27. The van der Waals surface area contributed by atoms with Crippen LogP contribution in [0, 0.1) is 0 Å². The second kappa shape index (κ2) is 3.13. The van der Waals surface area contributed by atoms with Crippen LogP contribution in [-0.2, 0) is 0 Å². The van der Waals surface area contributed by atoms with Crippen molar-refractivity contribution in [2.75, 3.05) is 0 Å². The van der Waals surface area contributed by atoms with Crippen LogP contribution in [0.3, 0.4) is 0 Å². The number of rotatable bonds is 2. The highest BCUT2D eigenvalue weighted by atomic mass is 14.2. The Bertz CT molecular complexity index is 380. The Kier molecular flexibility index (Phi) is 1.80. The smallest absolute Gasteiger partial charge is 0.0152 e. The van der Waals surface area contributed by atoms with Gasteiger partial charge in [-0.15, -0.1) is 0 Å². The van der Waals surface area contributed by atoms with E-state index in [1.165, 1.54) is 36.8 Å². The highest BCUT2D eigenvalue weighted by Crippen LogP contribution is 2.37. The van der Waals surface area contributed by atoms with E-state index in [4.69, 9.17) is 0 Å². The van der Waals surface area contributed by atoms with Gasteiger partial charge in [0.1, 0.15) is 0 Å². The summed E-state index contributed by atoms with van der Waals surface area (Å²) in [5.41, 5.74) is 6.05. The van der Waals surface area contributed by atoms with Crippen molar-refractivity contribution >= 4 is 11.1 Å². The van der Waals surface area contributed by atoms with Crippen LogP contribution in [0.15, 0.2) is 36.4 Å². The van der Waals surface area contributed by atoms with Crippen molar-refractivity contribution in [3.05, 3.63) is 47.5 Å². The summed E-state index contributed by atoms with van der Waals surface area (Å²) in [5.74, 6) is 0. The van der Waals surface area contributed by atoms with Gasteiger partial charge >= 0.3 is 0 Å². The summed E-state index contributed by atoms with van der Waals surface area (Å²) < 4.78 is 0. The van der Waals surface area contributed by atoms with Crippen molar-refractivity contribution < 1.29 is 0 Å². The number of allylic oxidation sites excluding steroid dienone is 4. The van der Waals surface area contributed by atoms with Gasteiger partial charge in [-0.1, -0.05) is 36.4 Å².